The number of benzene rings is 2. The normalized spacial score (nSPS) is 11.1. The van der Waals surface area contributed by atoms with Gasteiger partial charge in [0.05, 0.1) is 0 Å². The summed E-state index contributed by atoms with van der Waals surface area (Å²) in [7, 11) is 0. The van der Waals surface area contributed by atoms with Crippen LogP contribution < -0.4 is 0 Å². The van der Waals surface area contributed by atoms with E-state index >= 15 is 0 Å². The molecule has 0 aromatic heterocycles. The zero-order valence-corrected chi connectivity index (χ0v) is 15.0. The lowest BCUT2D eigenvalue weighted by atomic mass is 9.88. The first-order chi connectivity index (χ1) is 9.85. The molecule has 0 radical (unpaired) electrons. The van der Waals surface area contributed by atoms with Gasteiger partial charge in [0, 0.05) is 10.3 Å². The second kappa shape index (κ2) is 6.26. The summed E-state index contributed by atoms with van der Waals surface area (Å²) in [5.41, 5.74) is 6.06. The van der Waals surface area contributed by atoms with Crippen molar-refractivity contribution in [3.05, 3.63) is 57.6 Å². The van der Waals surface area contributed by atoms with Crippen LogP contribution in [0.1, 0.15) is 39.3 Å². The van der Waals surface area contributed by atoms with Gasteiger partial charge in [-0.1, -0.05) is 46.9 Å². The van der Waals surface area contributed by atoms with Crippen LogP contribution in [-0.4, -0.2) is 14.6 Å². The van der Waals surface area contributed by atoms with E-state index in [4.69, 9.17) is 0 Å². The molecule has 0 atom stereocenters. The molecule has 0 unspecified atom stereocenters. The first-order valence-corrected chi connectivity index (χ1v) is 8.54. The summed E-state index contributed by atoms with van der Waals surface area (Å²) in [6.07, 6.45) is 0. The Bertz CT molecular complexity index is 573. The Hall–Kier alpha value is -1.23. The maximum atomic E-state index is 9.95. The van der Waals surface area contributed by atoms with E-state index in [0.717, 1.165) is 26.7 Å². The first kappa shape index (κ1) is 16.1. The molecule has 0 aliphatic carbocycles. The molecule has 3 heteroatoms. The number of phenolic OH excluding ortho intramolecular Hbond substituents is 2. The highest BCUT2D eigenvalue weighted by Gasteiger charge is 2.17. The zero-order valence-electron chi connectivity index (χ0n) is 12.9. The smallest absolute Gasteiger partial charge is 0.121 e. The lowest BCUT2D eigenvalue weighted by Gasteiger charge is -2.19. The highest BCUT2D eigenvalue weighted by Crippen LogP contribution is 2.34. The molecule has 0 saturated heterocycles. The monoisotopic (exact) mass is 396 g/mol. The number of alkyl halides is 1. The number of rotatable bonds is 3. The average Bonchev–Trinajstić information content (AvgIpc) is 2.42. The minimum atomic E-state index is 0.265. The highest BCUT2D eigenvalue weighted by atomic mass is 127. The van der Waals surface area contributed by atoms with Crippen LogP contribution in [0.5, 0.6) is 11.5 Å². The molecule has 0 aliphatic heterocycles. The SMILES string of the molecule is Cc1cc(C(CI)c2cc(C)c(O)c(C)c2)cc(C)c1O. The van der Waals surface area contributed by atoms with Gasteiger partial charge in [0.15, 0.2) is 0 Å². The Morgan fingerprint density at radius 2 is 1.05 bits per heavy atom. The van der Waals surface area contributed by atoms with Crippen molar-refractivity contribution in [1.82, 2.24) is 0 Å². The number of aryl methyl sites for hydroxylation is 4. The molecular weight excluding hydrogens is 375 g/mol. The van der Waals surface area contributed by atoms with Gasteiger partial charge in [0.25, 0.3) is 0 Å². The van der Waals surface area contributed by atoms with Crippen LogP contribution in [0.2, 0.25) is 0 Å². The molecule has 0 aliphatic rings. The van der Waals surface area contributed by atoms with Gasteiger partial charge in [0.1, 0.15) is 11.5 Å². The molecule has 21 heavy (non-hydrogen) atoms. The summed E-state index contributed by atoms with van der Waals surface area (Å²) >= 11 is 2.40. The van der Waals surface area contributed by atoms with E-state index in [1.54, 1.807) is 0 Å². The van der Waals surface area contributed by atoms with Crippen molar-refractivity contribution in [2.24, 2.45) is 0 Å². The average molecular weight is 396 g/mol. The number of aromatic hydroxyl groups is 2. The number of halogens is 1. The summed E-state index contributed by atoms with van der Waals surface area (Å²) in [5, 5.41) is 19.9. The Morgan fingerprint density at radius 1 is 0.762 bits per heavy atom. The molecule has 0 bridgehead atoms. The van der Waals surface area contributed by atoms with Crippen molar-refractivity contribution < 1.29 is 10.2 Å². The Balaban J connectivity index is 2.54. The van der Waals surface area contributed by atoms with Crippen LogP contribution in [0, 0.1) is 27.7 Å². The first-order valence-electron chi connectivity index (χ1n) is 7.01. The summed E-state index contributed by atoms with van der Waals surface area (Å²) in [4.78, 5) is 0. The lowest BCUT2D eigenvalue weighted by molar-refractivity contribution is 0.466. The Labute approximate surface area is 140 Å². The predicted octanol–water partition coefficient (Wildman–Crippen LogP) is 4.90. The van der Waals surface area contributed by atoms with E-state index < -0.39 is 0 Å². The van der Waals surface area contributed by atoms with Crippen LogP contribution in [0.15, 0.2) is 24.3 Å². The number of phenols is 2. The van der Waals surface area contributed by atoms with Crippen molar-refractivity contribution in [2.45, 2.75) is 33.6 Å². The third-order valence-corrected chi connectivity index (χ3v) is 4.87. The van der Waals surface area contributed by atoms with E-state index in [-0.39, 0.29) is 5.92 Å². The van der Waals surface area contributed by atoms with Crippen LogP contribution in [0.4, 0.5) is 0 Å². The van der Waals surface area contributed by atoms with Gasteiger partial charge >= 0.3 is 0 Å². The van der Waals surface area contributed by atoms with Crippen LogP contribution in [-0.2, 0) is 0 Å². The largest absolute Gasteiger partial charge is 0.507 e. The number of hydrogen-bond donors (Lipinski definition) is 2. The third kappa shape index (κ3) is 3.18. The molecular formula is C18H21IO2. The second-order valence-electron chi connectivity index (χ2n) is 5.71. The molecule has 0 spiro atoms. The summed E-state index contributed by atoms with van der Waals surface area (Å²) in [6, 6.07) is 8.23. The zero-order chi connectivity index (χ0) is 15.7. The van der Waals surface area contributed by atoms with Crippen molar-refractivity contribution in [2.75, 3.05) is 4.43 Å². The fourth-order valence-electron chi connectivity index (χ4n) is 2.75. The third-order valence-electron chi connectivity index (χ3n) is 3.99. The molecule has 2 rings (SSSR count). The van der Waals surface area contributed by atoms with Crippen molar-refractivity contribution in [3.8, 4) is 11.5 Å². The van der Waals surface area contributed by atoms with E-state index in [0.29, 0.717) is 11.5 Å². The number of hydrogen-bond acceptors (Lipinski definition) is 2. The molecule has 2 aromatic rings. The fraction of sp³-hybridized carbons (Fsp3) is 0.333. The Morgan fingerprint density at radius 3 is 1.29 bits per heavy atom. The van der Waals surface area contributed by atoms with Gasteiger partial charge in [-0.25, -0.2) is 0 Å². The molecule has 0 heterocycles. The molecule has 2 nitrogen and oxygen atoms in total. The van der Waals surface area contributed by atoms with Crippen LogP contribution in [0.25, 0.3) is 0 Å². The van der Waals surface area contributed by atoms with Gasteiger partial charge in [-0.3, -0.25) is 0 Å². The van der Waals surface area contributed by atoms with Crippen molar-refractivity contribution >= 4 is 22.6 Å². The van der Waals surface area contributed by atoms with Gasteiger partial charge < -0.3 is 10.2 Å². The highest BCUT2D eigenvalue weighted by molar-refractivity contribution is 14.1. The van der Waals surface area contributed by atoms with Gasteiger partial charge in [0.2, 0.25) is 0 Å². The molecule has 0 fully saturated rings. The van der Waals surface area contributed by atoms with Crippen molar-refractivity contribution in [3.63, 3.8) is 0 Å². The van der Waals surface area contributed by atoms with E-state index in [1.165, 1.54) is 11.1 Å². The molecule has 0 amide bonds. The standard InChI is InChI=1S/C18H21IO2/c1-10-5-14(6-11(2)17(10)20)16(9-19)15-7-12(3)18(21)13(4)8-15/h5-8,16,20-21H,9H2,1-4H3. The summed E-state index contributed by atoms with van der Waals surface area (Å²) < 4.78 is 0.949. The van der Waals surface area contributed by atoms with Gasteiger partial charge in [-0.15, -0.1) is 0 Å². The van der Waals surface area contributed by atoms with Crippen LogP contribution in [0.3, 0.4) is 0 Å². The lowest BCUT2D eigenvalue weighted by Crippen LogP contribution is -2.04. The van der Waals surface area contributed by atoms with Crippen molar-refractivity contribution in [1.29, 1.82) is 0 Å². The van der Waals surface area contributed by atoms with Crippen LogP contribution >= 0.6 is 22.6 Å². The minimum Gasteiger partial charge on any atom is -0.507 e. The minimum absolute atomic E-state index is 0.265. The van der Waals surface area contributed by atoms with E-state index in [9.17, 15) is 10.2 Å². The van der Waals surface area contributed by atoms with Gasteiger partial charge in [-0.2, -0.15) is 0 Å². The predicted molar refractivity (Wildman–Crippen MR) is 95.9 cm³/mol. The fourth-order valence-corrected chi connectivity index (χ4v) is 3.77. The maximum Gasteiger partial charge on any atom is 0.121 e. The van der Waals surface area contributed by atoms with E-state index in [2.05, 4.69) is 46.9 Å². The molecule has 112 valence electrons. The van der Waals surface area contributed by atoms with E-state index in [1.807, 2.05) is 27.7 Å². The second-order valence-corrected chi connectivity index (χ2v) is 6.59. The maximum absolute atomic E-state index is 9.95. The molecule has 0 saturated carbocycles. The summed E-state index contributed by atoms with van der Waals surface area (Å²) in [5.74, 6) is 1.02. The summed E-state index contributed by atoms with van der Waals surface area (Å²) in [6.45, 7) is 7.74. The quantitative estimate of drug-likeness (QED) is 0.573. The topological polar surface area (TPSA) is 40.5 Å². The Kier molecular flexibility index (Phi) is 4.81. The van der Waals surface area contributed by atoms with Gasteiger partial charge in [-0.05, 0) is 61.1 Å². The molecule has 2 N–H and O–H groups in total. The molecule has 2 aromatic carbocycles.